The Morgan fingerprint density at radius 2 is 1.75 bits per heavy atom. The number of nitrogens with two attached hydrogens (primary N) is 1. The van der Waals surface area contributed by atoms with Crippen LogP contribution in [0.15, 0.2) is 51.8 Å². The van der Waals surface area contributed by atoms with Gasteiger partial charge in [0.15, 0.2) is 0 Å². The van der Waals surface area contributed by atoms with Crippen molar-refractivity contribution >= 4 is 37.3 Å². The highest BCUT2D eigenvalue weighted by Gasteiger charge is 2.17. The molecule has 0 saturated carbocycles. The van der Waals surface area contributed by atoms with Crippen molar-refractivity contribution in [3.8, 4) is 0 Å². The number of benzene rings is 2. The molecule has 0 aliphatic rings. The second kappa shape index (κ2) is 5.78. The van der Waals surface area contributed by atoms with Crippen LogP contribution in [0, 0.1) is 5.82 Å². The number of hydrogen-bond donors (Lipinski definition) is 3. The zero-order valence-electron chi connectivity index (χ0n) is 10.1. The van der Waals surface area contributed by atoms with E-state index in [4.69, 9.17) is 5.84 Å². The first kappa shape index (κ1) is 14.8. The van der Waals surface area contributed by atoms with Crippen molar-refractivity contribution < 1.29 is 12.8 Å². The van der Waals surface area contributed by atoms with E-state index in [0.717, 1.165) is 0 Å². The molecule has 4 N–H and O–H groups in total. The largest absolute Gasteiger partial charge is 0.324 e. The van der Waals surface area contributed by atoms with Crippen molar-refractivity contribution in [3.05, 3.63) is 52.8 Å². The van der Waals surface area contributed by atoms with Gasteiger partial charge in [-0.25, -0.2) is 12.8 Å². The third-order valence-electron chi connectivity index (χ3n) is 2.53. The van der Waals surface area contributed by atoms with Crippen LogP contribution in [-0.4, -0.2) is 8.42 Å². The number of rotatable bonds is 4. The van der Waals surface area contributed by atoms with Gasteiger partial charge in [-0.2, -0.15) is 0 Å². The molecule has 0 aromatic heterocycles. The highest BCUT2D eigenvalue weighted by Crippen LogP contribution is 2.27. The molecular weight excluding hydrogens is 349 g/mol. The van der Waals surface area contributed by atoms with Crippen LogP contribution in [0.1, 0.15) is 0 Å². The quantitative estimate of drug-likeness (QED) is 0.578. The van der Waals surface area contributed by atoms with Crippen LogP contribution in [0.4, 0.5) is 15.8 Å². The maximum Gasteiger partial charge on any atom is 0.262 e. The summed E-state index contributed by atoms with van der Waals surface area (Å²) in [5.74, 6) is 4.54. The van der Waals surface area contributed by atoms with E-state index in [0.29, 0.717) is 10.2 Å². The van der Waals surface area contributed by atoms with Crippen LogP contribution in [-0.2, 0) is 10.0 Å². The Morgan fingerprint density at radius 3 is 2.30 bits per heavy atom. The fourth-order valence-corrected chi connectivity index (χ4v) is 3.18. The van der Waals surface area contributed by atoms with Gasteiger partial charge >= 0.3 is 0 Å². The van der Waals surface area contributed by atoms with Gasteiger partial charge < -0.3 is 5.43 Å². The van der Waals surface area contributed by atoms with Gasteiger partial charge in [-0.05, 0) is 52.3 Å². The topological polar surface area (TPSA) is 84.2 Å². The predicted molar refractivity (Wildman–Crippen MR) is 79.2 cm³/mol. The Morgan fingerprint density at radius 1 is 1.10 bits per heavy atom. The molecule has 0 bridgehead atoms. The average molecular weight is 360 g/mol. The monoisotopic (exact) mass is 359 g/mol. The highest BCUT2D eigenvalue weighted by atomic mass is 79.9. The lowest BCUT2D eigenvalue weighted by molar-refractivity contribution is 0.598. The maximum absolute atomic E-state index is 13.6. The molecule has 5 nitrogen and oxygen atoms in total. The summed E-state index contributed by atoms with van der Waals surface area (Å²) in [6.45, 7) is 0. The van der Waals surface area contributed by atoms with Crippen molar-refractivity contribution in [1.82, 2.24) is 0 Å². The Kier molecular flexibility index (Phi) is 4.26. The summed E-state index contributed by atoms with van der Waals surface area (Å²) < 4.78 is 40.5. The molecule has 20 heavy (non-hydrogen) atoms. The lowest BCUT2D eigenvalue weighted by Gasteiger charge is -2.11. The van der Waals surface area contributed by atoms with Crippen LogP contribution in [0.5, 0.6) is 0 Å². The van der Waals surface area contributed by atoms with Crippen LogP contribution in [0.2, 0.25) is 0 Å². The Hall–Kier alpha value is -1.64. The zero-order chi connectivity index (χ0) is 14.8. The molecule has 0 aliphatic heterocycles. The molecule has 0 saturated heterocycles. The minimum absolute atomic E-state index is 0.00616. The number of nitrogens with one attached hydrogen (secondary N) is 2. The molecule has 0 atom stereocenters. The molecule has 0 amide bonds. The molecule has 0 aliphatic carbocycles. The molecular formula is C12H11BrFN3O2S. The van der Waals surface area contributed by atoms with E-state index in [1.54, 1.807) is 6.07 Å². The van der Waals surface area contributed by atoms with Crippen molar-refractivity contribution in [1.29, 1.82) is 0 Å². The molecule has 0 spiro atoms. The standard InChI is InChI=1S/C12H11BrFN3O2S/c13-10-2-1-3-11(14)12(10)17-20(18,19)9-6-4-8(16-15)5-7-9/h1-7,16-17H,15H2. The van der Waals surface area contributed by atoms with Gasteiger partial charge in [-0.1, -0.05) is 6.07 Å². The fraction of sp³-hybridized carbons (Fsp3) is 0. The highest BCUT2D eigenvalue weighted by molar-refractivity contribution is 9.10. The van der Waals surface area contributed by atoms with E-state index in [-0.39, 0.29) is 10.6 Å². The van der Waals surface area contributed by atoms with Gasteiger partial charge in [0.05, 0.1) is 10.6 Å². The summed E-state index contributed by atoms with van der Waals surface area (Å²) >= 11 is 3.10. The number of hydrogen-bond acceptors (Lipinski definition) is 4. The minimum Gasteiger partial charge on any atom is -0.324 e. The van der Waals surface area contributed by atoms with Crippen molar-refractivity contribution in [2.75, 3.05) is 10.1 Å². The Labute approximate surface area is 124 Å². The third kappa shape index (κ3) is 3.09. The average Bonchev–Trinajstić information content (AvgIpc) is 2.43. The number of halogens is 2. The van der Waals surface area contributed by atoms with Gasteiger partial charge in [-0.3, -0.25) is 10.6 Å². The summed E-state index contributed by atoms with van der Waals surface area (Å²) in [4.78, 5) is 0.00616. The van der Waals surface area contributed by atoms with Gasteiger partial charge in [0, 0.05) is 10.2 Å². The van der Waals surface area contributed by atoms with E-state index in [9.17, 15) is 12.8 Å². The zero-order valence-corrected chi connectivity index (χ0v) is 12.5. The molecule has 0 unspecified atom stereocenters. The van der Waals surface area contributed by atoms with Crippen LogP contribution in [0.3, 0.4) is 0 Å². The molecule has 0 heterocycles. The van der Waals surface area contributed by atoms with Gasteiger partial charge in [0.1, 0.15) is 5.82 Å². The molecule has 2 aromatic rings. The van der Waals surface area contributed by atoms with E-state index in [2.05, 4.69) is 26.1 Å². The smallest absolute Gasteiger partial charge is 0.262 e. The van der Waals surface area contributed by atoms with Crippen LogP contribution >= 0.6 is 15.9 Å². The normalized spacial score (nSPS) is 11.2. The maximum atomic E-state index is 13.6. The van der Waals surface area contributed by atoms with Gasteiger partial charge in [0.25, 0.3) is 10.0 Å². The van der Waals surface area contributed by atoms with Gasteiger partial charge in [-0.15, -0.1) is 0 Å². The van der Waals surface area contributed by atoms with E-state index in [1.807, 2.05) is 0 Å². The number of nitrogen functional groups attached to an aromatic ring is 1. The Balaban J connectivity index is 2.35. The molecule has 2 rings (SSSR count). The van der Waals surface area contributed by atoms with Crippen molar-refractivity contribution in [2.24, 2.45) is 5.84 Å². The molecule has 0 fully saturated rings. The first-order valence-electron chi connectivity index (χ1n) is 5.47. The van der Waals surface area contributed by atoms with Crippen molar-refractivity contribution in [3.63, 3.8) is 0 Å². The fourth-order valence-electron chi connectivity index (χ4n) is 1.52. The summed E-state index contributed by atoms with van der Waals surface area (Å²) in [5.41, 5.74) is 2.83. The molecule has 106 valence electrons. The third-order valence-corrected chi connectivity index (χ3v) is 4.56. The summed E-state index contributed by atoms with van der Waals surface area (Å²) in [5, 5.41) is 0. The number of para-hydroxylation sites is 1. The number of hydrazine groups is 1. The predicted octanol–water partition coefficient (Wildman–Crippen LogP) is 2.67. The Bertz CT molecular complexity index is 700. The summed E-state index contributed by atoms with van der Waals surface area (Å²) in [6.07, 6.45) is 0. The number of sulfonamides is 1. The molecule has 0 radical (unpaired) electrons. The second-order valence-corrected chi connectivity index (χ2v) is 6.41. The summed E-state index contributed by atoms with van der Waals surface area (Å²) in [7, 11) is -3.87. The SMILES string of the molecule is NNc1ccc(S(=O)(=O)Nc2c(F)cccc2Br)cc1. The lowest BCUT2D eigenvalue weighted by Crippen LogP contribution is -2.14. The van der Waals surface area contributed by atoms with E-state index in [1.165, 1.54) is 36.4 Å². The van der Waals surface area contributed by atoms with Crippen molar-refractivity contribution in [2.45, 2.75) is 4.90 Å². The van der Waals surface area contributed by atoms with E-state index < -0.39 is 15.8 Å². The number of anilines is 2. The first-order chi connectivity index (χ1) is 9.44. The lowest BCUT2D eigenvalue weighted by atomic mass is 10.3. The minimum atomic E-state index is -3.87. The van der Waals surface area contributed by atoms with Crippen LogP contribution in [0.25, 0.3) is 0 Å². The van der Waals surface area contributed by atoms with Crippen LogP contribution < -0.4 is 16.0 Å². The van der Waals surface area contributed by atoms with E-state index >= 15 is 0 Å². The second-order valence-electron chi connectivity index (χ2n) is 3.87. The van der Waals surface area contributed by atoms with Gasteiger partial charge in [0.2, 0.25) is 0 Å². The molecule has 2 aromatic carbocycles. The summed E-state index contributed by atoms with van der Waals surface area (Å²) in [6, 6.07) is 9.93. The molecule has 8 heteroatoms. The first-order valence-corrected chi connectivity index (χ1v) is 7.75.